The minimum Gasteiger partial charge on any atom is -0.496 e. The van der Waals surface area contributed by atoms with E-state index in [0.717, 1.165) is 0 Å². The lowest BCUT2D eigenvalue weighted by atomic mass is 10.0. The van der Waals surface area contributed by atoms with Crippen molar-refractivity contribution in [2.45, 2.75) is 12.5 Å². The quantitative estimate of drug-likeness (QED) is 0.603. The maximum absolute atomic E-state index is 13.7. The van der Waals surface area contributed by atoms with Gasteiger partial charge in [-0.2, -0.15) is 0 Å². The molecule has 1 heterocycles. The monoisotopic (exact) mass is 445 g/mol. The van der Waals surface area contributed by atoms with Crippen molar-refractivity contribution >= 4 is 34.8 Å². The fraction of sp³-hybridized carbons (Fsp3) is 0.160. The summed E-state index contributed by atoms with van der Waals surface area (Å²) in [7, 11) is 2.98. The highest BCUT2D eigenvalue weighted by atomic mass is 16.5. The number of fused-ring (bicyclic) bond motifs is 1. The number of carbonyl (C=O) groups excluding carboxylic acids is 3. The molecule has 0 aromatic heterocycles. The number of rotatable bonds is 6. The van der Waals surface area contributed by atoms with Crippen LogP contribution >= 0.6 is 0 Å². The maximum Gasteiger partial charge on any atom is 0.262 e. The third kappa shape index (κ3) is 4.36. The first-order valence-corrected chi connectivity index (χ1v) is 10.3. The summed E-state index contributed by atoms with van der Waals surface area (Å²) in [5.74, 6) is -0.455. The van der Waals surface area contributed by atoms with Gasteiger partial charge in [-0.1, -0.05) is 36.4 Å². The summed E-state index contributed by atoms with van der Waals surface area (Å²) in [5, 5.41) is 5.57. The normalized spacial score (nSPS) is 14.7. The van der Waals surface area contributed by atoms with Crippen molar-refractivity contribution in [2.75, 3.05) is 29.8 Å². The molecule has 3 aromatic carbocycles. The van der Waals surface area contributed by atoms with Crippen LogP contribution in [-0.4, -0.2) is 38.0 Å². The van der Waals surface area contributed by atoms with Gasteiger partial charge in [0.25, 0.3) is 5.91 Å². The summed E-state index contributed by atoms with van der Waals surface area (Å²) in [6.45, 7) is 0. The highest BCUT2D eigenvalue weighted by Crippen LogP contribution is 2.35. The topological polar surface area (TPSA) is 97.0 Å². The van der Waals surface area contributed by atoms with Crippen LogP contribution in [0, 0.1) is 0 Å². The number of ether oxygens (including phenoxy) is 2. The van der Waals surface area contributed by atoms with Gasteiger partial charge in [-0.25, -0.2) is 0 Å². The number of para-hydroxylation sites is 5. The lowest BCUT2D eigenvalue weighted by Crippen LogP contribution is -2.52. The molecule has 0 saturated heterocycles. The molecule has 0 fully saturated rings. The van der Waals surface area contributed by atoms with Gasteiger partial charge in [-0.05, 0) is 36.4 Å². The number of benzene rings is 3. The first kappa shape index (κ1) is 21.9. The van der Waals surface area contributed by atoms with Crippen molar-refractivity contribution in [3.8, 4) is 11.5 Å². The Bertz CT molecular complexity index is 1210. The van der Waals surface area contributed by atoms with Crippen LogP contribution in [0.5, 0.6) is 11.5 Å². The number of methoxy groups -OCH3 is 2. The highest BCUT2D eigenvalue weighted by Gasteiger charge is 2.39. The lowest BCUT2D eigenvalue weighted by molar-refractivity contribution is -0.122. The summed E-state index contributed by atoms with van der Waals surface area (Å²) in [6, 6.07) is 19.6. The van der Waals surface area contributed by atoms with E-state index in [9.17, 15) is 14.4 Å². The summed E-state index contributed by atoms with van der Waals surface area (Å²) in [4.78, 5) is 41.0. The van der Waals surface area contributed by atoms with Crippen LogP contribution in [-0.2, 0) is 9.59 Å². The molecular formula is C25H23N3O5. The average molecular weight is 445 g/mol. The first-order valence-electron chi connectivity index (χ1n) is 10.3. The van der Waals surface area contributed by atoms with E-state index >= 15 is 0 Å². The molecule has 1 atom stereocenters. The van der Waals surface area contributed by atoms with Crippen LogP contribution in [0.15, 0.2) is 72.8 Å². The van der Waals surface area contributed by atoms with E-state index < -0.39 is 23.8 Å². The molecule has 3 aromatic rings. The Morgan fingerprint density at radius 3 is 2.30 bits per heavy atom. The minimum absolute atomic E-state index is 0.251. The van der Waals surface area contributed by atoms with Gasteiger partial charge in [0.2, 0.25) is 11.8 Å². The van der Waals surface area contributed by atoms with Crippen molar-refractivity contribution in [1.29, 1.82) is 0 Å². The van der Waals surface area contributed by atoms with Crippen molar-refractivity contribution in [3.05, 3.63) is 78.4 Å². The largest absolute Gasteiger partial charge is 0.496 e. The van der Waals surface area contributed by atoms with Crippen molar-refractivity contribution in [3.63, 3.8) is 0 Å². The lowest BCUT2D eigenvalue weighted by Gasteiger charge is -2.36. The average Bonchev–Trinajstić information content (AvgIpc) is 2.84. The van der Waals surface area contributed by atoms with Gasteiger partial charge in [-0.3, -0.25) is 19.3 Å². The first-order chi connectivity index (χ1) is 16.0. The molecule has 8 nitrogen and oxygen atoms in total. The van der Waals surface area contributed by atoms with E-state index in [-0.39, 0.29) is 6.42 Å². The summed E-state index contributed by atoms with van der Waals surface area (Å²) in [5.41, 5.74) is 1.76. The fourth-order valence-electron chi connectivity index (χ4n) is 3.80. The number of anilines is 3. The van der Waals surface area contributed by atoms with Crippen molar-refractivity contribution in [1.82, 2.24) is 0 Å². The smallest absolute Gasteiger partial charge is 0.262 e. The van der Waals surface area contributed by atoms with E-state index in [1.54, 1.807) is 72.8 Å². The molecule has 168 valence electrons. The summed E-state index contributed by atoms with van der Waals surface area (Å²) < 4.78 is 10.6. The van der Waals surface area contributed by atoms with Gasteiger partial charge in [0.05, 0.1) is 43.3 Å². The molecule has 2 N–H and O–H groups in total. The zero-order valence-corrected chi connectivity index (χ0v) is 18.2. The highest BCUT2D eigenvalue weighted by molar-refractivity contribution is 6.18. The Labute approximate surface area is 191 Å². The molecule has 0 aliphatic carbocycles. The SMILES string of the molecule is COc1ccccc1NC(=O)C[C@H]1C(=O)Nc2ccccc2N1C(=O)c1ccccc1OC. The third-order valence-corrected chi connectivity index (χ3v) is 5.35. The van der Waals surface area contributed by atoms with Crippen LogP contribution in [0.4, 0.5) is 17.1 Å². The molecule has 4 rings (SSSR count). The molecule has 0 spiro atoms. The molecule has 0 unspecified atom stereocenters. The van der Waals surface area contributed by atoms with Crippen molar-refractivity contribution in [2.24, 2.45) is 0 Å². The van der Waals surface area contributed by atoms with Gasteiger partial charge >= 0.3 is 0 Å². The Morgan fingerprint density at radius 2 is 1.55 bits per heavy atom. The van der Waals surface area contributed by atoms with Crippen LogP contribution in [0.1, 0.15) is 16.8 Å². The Morgan fingerprint density at radius 1 is 0.909 bits per heavy atom. The molecule has 3 amide bonds. The van der Waals surface area contributed by atoms with Gasteiger partial charge in [0.15, 0.2) is 0 Å². The fourth-order valence-corrected chi connectivity index (χ4v) is 3.80. The molecule has 0 bridgehead atoms. The second kappa shape index (κ2) is 9.44. The number of nitrogens with one attached hydrogen (secondary N) is 2. The number of hydrogen-bond donors (Lipinski definition) is 2. The number of amides is 3. The van der Waals surface area contributed by atoms with Crippen LogP contribution < -0.4 is 25.0 Å². The number of carbonyl (C=O) groups is 3. The second-order valence-corrected chi connectivity index (χ2v) is 7.35. The number of nitrogens with zero attached hydrogens (tertiary/aromatic N) is 1. The molecular weight excluding hydrogens is 422 g/mol. The molecule has 0 radical (unpaired) electrons. The predicted molar refractivity (Wildman–Crippen MR) is 125 cm³/mol. The molecule has 1 aliphatic heterocycles. The third-order valence-electron chi connectivity index (χ3n) is 5.35. The molecule has 33 heavy (non-hydrogen) atoms. The van der Waals surface area contributed by atoms with E-state index in [4.69, 9.17) is 9.47 Å². The van der Waals surface area contributed by atoms with E-state index in [1.165, 1.54) is 19.1 Å². The van der Waals surface area contributed by atoms with Gasteiger partial charge in [0.1, 0.15) is 17.5 Å². The van der Waals surface area contributed by atoms with Crippen molar-refractivity contribution < 1.29 is 23.9 Å². The van der Waals surface area contributed by atoms with E-state index in [0.29, 0.717) is 34.1 Å². The van der Waals surface area contributed by atoms with Gasteiger partial charge < -0.3 is 20.1 Å². The Kier molecular flexibility index (Phi) is 6.26. The molecule has 1 aliphatic rings. The minimum atomic E-state index is -1.06. The van der Waals surface area contributed by atoms with Gasteiger partial charge in [-0.15, -0.1) is 0 Å². The van der Waals surface area contributed by atoms with E-state index in [1.807, 2.05) is 0 Å². The zero-order valence-electron chi connectivity index (χ0n) is 18.2. The van der Waals surface area contributed by atoms with Gasteiger partial charge in [0, 0.05) is 0 Å². The Balaban J connectivity index is 1.68. The van der Waals surface area contributed by atoms with Crippen LogP contribution in [0.3, 0.4) is 0 Å². The Hall–Kier alpha value is -4.33. The zero-order chi connectivity index (χ0) is 23.4. The second-order valence-electron chi connectivity index (χ2n) is 7.35. The summed E-state index contributed by atoms with van der Waals surface area (Å²) in [6.07, 6.45) is -0.251. The molecule has 0 saturated carbocycles. The van der Waals surface area contributed by atoms with Crippen LogP contribution in [0.25, 0.3) is 0 Å². The maximum atomic E-state index is 13.7. The molecule has 8 heteroatoms. The summed E-state index contributed by atoms with van der Waals surface area (Å²) >= 11 is 0. The predicted octanol–water partition coefficient (Wildman–Crippen LogP) is 3.70. The number of hydrogen-bond acceptors (Lipinski definition) is 5. The van der Waals surface area contributed by atoms with E-state index in [2.05, 4.69) is 10.6 Å². The standard InChI is InChI=1S/C25H23N3O5/c1-32-21-13-7-3-9-16(21)25(31)28-19-12-6-4-10-17(19)27-24(30)20(28)15-23(29)26-18-11-5-8-14-22(18)33-2/h3-14,20H,15H2,1-2H3,(H,26,29)(H,27,30)/t20-/m0/s1. The van der Waals surface area contributed by atoms with Crippen LogP contribution in [0.2, 0.25) is 0 Å².